The van der Waals surface area contributed by atoms with Crippen LogP contribution in [0.15, 0.2) is 24.3 Å². The molecule has 1 N–H and O–H groups in total. The highest BCUT2D eigenvalue weighted by atomic mass is 19.1. The number of carbonyl (C=O) groups excluding carboxylic acids is 2. The molecule has 1 aliphatic rings. The van der Waals surface area contributed by atoms with Gasteiger partial charge in [-0.05, 0) is 37.5 Å². The van der Waals surface area contributed by atoms with Gasteiger partial charge in [-0.1, -0.05) is 12.1 Å². The molecule has 1 aromatic carbocycles. The number of hydrogen-bond donors (Lipinski definition) is 1. The topological polar surface area (TPSA) is 46.2 Å². The van der Waals surface area contributed by atoms with E-state index in [-0.39, 0.29) is 23.9 Å². The van der Waals surface area contributed by atoms with Crippen molar-refractivity contribution in [1.82, 2.24) is 5.32 Å². The molecule has 0 saturated heterocycles. The zero-order chi connectivity index (χ0) is 12.5. The maximum Gasteiger partial charge on any atom is 0.228 e. The first-order chi connectivity index (χ1) is 8.02. The molecular weight excluding hydrogens is 221 g/mol. The lowest BCUT2D eigenvalue weighted by molar-refractivity contribution is -0.127. The van der Waals surface area contributed by atoms with Crippen molar-refractivity contribution in [2.75, 3.05) is 0 Å². The van der Waals surface area contributed by atoms with Gasteiger partial charge in [-0.25, -0.2) is 4.39 Å². The lowest BCUT2D eigenvalue weighted by atomic mass is 10.0. The summed E-state index contributed by atoms with van der Waals surface area (Å²) in [6.07, 6.45) is 1.47. The number of rotatable bonds is 4. The number of ketones is 1. The molecule has 0 radical (unpaired) electrons. The van der Waals surface area contributed by atoms with E-state index in [1.165, 1.54) is 19.1 Å². The summed E-state index contributed by atoms with van der Waals surface area (Å²) in [5, 5.41) is 2.82. The van der Waals surface area contributed by atoms with Crippen molar-refractivity contribution < 1.29 is 14.0 Å². The standard InChI is InChI=1S/C13H14FNO2/c1-9(16)7-12(17)15-13(5-6-13)10-3-2-4-11(14)8-10/h2-4,8H,5-7H2,1H3,(H,15,17). The Morgan fingerprint density at radius 2 is 2.12 bits per heavy atom. The first-order valence-corrected chi connectivity index (χ1v) is 5.58. The molecule has 1 aromatic rings. The number of amides is 1. The van der Waals surface area contributed by atoms with E-state index in [0.717, 1.165) is 18.4 Å². The minimum atomic E-state index is -0.450. The summed E-state index contributed by atoms with van der Waals surface area (Å²) in [4.78, 5) is 22.4. The van der Waals surface area contributed by atoms with Crippen molar-refractivity contribution in [2.45, 2.75) is 31.7 Å². The molecule has 2 rings (SSSR count). The van der Waals surface area contributed by atoms with E-state index >= 15 is 0 Å². The van der Waals surface area contributed by atoms with Gasteiger partial charge in [0.25, 0.3) is 0 Å². The Hall–Kier alpha value is -1.71. The van der Waals surface area contributed by atoms with Crippen LogP contribution in [0.25, 0.3) is 0 Å². The Labute approximate surface area is 99.0 Å². The second-order valence-corrected chi connectivity index (χ2v) is 4.52. The third kappa shape index (κ3) is 2.70. The smallest absolute Gasteiger partial charge is 0.228 e. The quantitative estimate of drug-likeness (QED) is 0.810. The number of benzene rings is 1. The molecule has 1 fully saturated rings. The average Bonchev–Trinajstić information content (AvgIpc) is 2.97. The number of halogens is 1. The van der Waals surface area contributed by atoms with Crippen LogP contribution < -0.4 is 5.32 Å². The zero-order valence-corrected chi connectivity index (χ0v) is 9.63. The van der Waals surface area contributed by atoms with Crippen molar-refractivity contribution in [2.24, 2.45) is 0 Å². The third-order valence-electron chi connectivity index (χ3n) is 2.92. The van der Waals surface area contributed by atoms with Crippen LogP contribution >= 0.6 is 0 Å². The normalized spacial score (nSPS) is 16.4. The fourth-order valence-electron chi connectivity index (χ4n) is 1.93. The Balaban J connectivity index is 2.10. The van der Waals surface area contributed by atoms with Gasteiger partial charge in [-0.3, -0.25) is 9.59 Å². The van der Waals surface area contributed by atoms with Gasteiger partial charge in [-0.15, -0.1) is 0 Å². The highest BCUT2D eigenvalue weighted by molar-refractivity contribution is 5.97. The predicted molar refractivity (Wildman–Crippen MR) is 60.8 cm³/mol. The van der Waals surface area contributed by atoms with Crippen molar-refractivity contribution >= 4 is 11.7 Å². The molecule has 1 amide bonds. The van der Waals surface area contributed by atoms with Crippen LogP contribution in [-0.4, -0.2) is 11.7 Å². The SMILES string of the molecule is CC(=O)CC(=O)NC1(c2cccc(F)c2)CC1. The third-order valence-corrected chi connectivity index (χ3v) is 2.92. The van der Waals surface area contributed by atoms with E-state index < -0.39 is 5.54 Å². The van der Waals surface area contributed by atoms with Crippen molar-refractivity contribution in [3.05, 3.63) is 35.6 Å². The van der Waals surface area contributed by atoms with E-state index in [9.17, 15) is 14.0 Å². The molecule has 1 saturated carbocycles. The Kier molecular flexibility index (Phi) is 2.96. The largest absolute Gasteiger partial charge is 0.346 e. The number of Topliss-reactive ketones (excluding diaryl/α,β-unsaturated/α-hetero) is 1. The van der Waals surface area contributed by atoms with Crippen LogP contribution in [0.1, 0.15) is 31.7 Å². The fourth-order valence-corrected chi connectivity index (χ4v) is 1.93. The number of carbonyl (C=O) groups is 2. The molecule has 0 aromatic heterocycles. The summed E-state index contributed by atoms with van der Waals surface area (Å²) in [5.74, 6) is -0.772. The van der Waals surface area contributed by atoms with Crippen LogP contribution in [0.4, 0.5) is 4.39 Å². The van der Waals surface area contributed by atoms with E-state index in [1.54, 1.807) is 12.1 Å². The summed E-state index contributed by atoms with van der Waals surface area (Å²) in [6, 6.07) is 6.23. The summed E-state index contributed by atoms with van der Waals surface area (Å²) < 4.78 is 13.1. The maximum absolute atomic E-state index is 13.1. The van der Waals surface area contributed by atoms with Crippen LogP contribution in [0, 0.1) is 5.82 Å². The molecule has 0 atom stereocenters. The molecule has 4 heteroatoms. The minimum absolute atomic E-state index is 0.114. The monoisotopic (exact) mass is 235 g/mol. The Morgan fingerprint density at radius 3 is 2.65 bits per heavy atom. The van der Waals surface area contributed by atoms with Gasteiger partial charge >= 0.3 is 0 Å². The Bertz CT molecular complexity index is 466. The van der Waals surface area contributed by atoms with Gasteiger partial charge in [0, 0.05) is 0 Å². The first kappa shape index (κ1) is 11.8. The van der Waals surface area contributed by atoms with Crippen molar-refractivity contribution in [1.29, 1.82) is 0 Å². The molecule has 17 heavy (non-hydrogen) atoms. The summed E-state index contributed by atoms with van der Waals surface area (Å²) >= 11 is 0. The van der Waals surface area contributed by atoms with Gasteiger partial charge in [0.2, 0.25) is 5.91 Å². The van der Waals surface area contributed by atoms with Gasteiger partial charge in [0.1, 0.15) is 11.6 Å². The van der Waals surface area contributed by atoms with E-state index in [2.05, 4.69) is 5.32 Å². The van der Waals surface area contributed by atoms with E-state index in [0.29, 0.717) is 0 Å². The van der Waals surface area contributed by atoms with Crippen LogP contribution in [0.2, 0.25) is 0 Å². The molecule has 0 bridgehead atoms. The second-order valence-electron chi connectivity index (χ2n) is 4.52. The van der Waals surface area contributed by atoms with Gasteiger partial charge in [-0.2, -0.15) is 0 Å². The van der Waals surface area contributed by atoms with Crippen molar-refractivity contribution in [3.63, 3.8) is 0 Å². The van der Waals surface area contributed by atoms with E-state index in [4.69, 9.17) is 0 Å². The minimum Gasteiger partial charge on any atom is -0.346 e. The summed E-state index contributed by atoms with van der Waals surface area (Å²) in [6.45, 7) is 1.38. The maximum atomic E-state index is 13.1. The Morgan fingerprint density at radius 1 is 1.41 bits per heavy atom. The molecular formula is C13H14FNO2. The molecule has 1 aliphatic carbocycles. The molecule has 0 unspecified atom stereocenters. The van der Waals surface area contributed by atoms with Gasteiger partial charge < -0.3 is 5.32 Å². The number of hydrogen-bond acceptors (Lipinski definition) is 2. The average molecular weight is 235 g/mol. The summed E-state index contributed by atoms with van der Waals surface area (Å²) in [7, 11) is 0. The first-order valence-electron chi connectivity index (χ1n) is 5.58. The highest BCUT2D eigenvalue weighted by Gasteiger charge is 2.45. The van der Waals surface area contributed by atoms with Gasteiger partial charge in [0.05, 0.1) is 12.0 Å². The van der Waals surface area contributed by atoms with Crippen LogP contribution in [0.3, 0.4) is 0 Å². The molecule has 0 heterocycles. The zero-order valence-electron chi connectivity index (χ0n) is 9.63. The lowest BCUT2D eigenvalue weighted by Gasteiger charge is -2.17. The molecule has 0 spiro atoms. The molecule has 90 valence electrons. The second kappa shape index (κ2) is 4.28. The lowest BCUT2D eigenvalue weighted by Crippen LogP contribution is -2.35. The molecule has 0 aliphatic heterocycles. The fraction of sp³-hybridized carbons (Fsp3) is 0.385. The van der Waals surface area contributed by atoms with Crippen LogP contribution in [-0.2, 0) is 15.1 Å². The van der Waals surface area contributed by atoms with Gasteiger partial charge in [0.15, 0.2) is 0 Å². The number of nitrogens with one attached hydrogen (secondary N) is 1. The van der Waals surface area contributed by atoms with E-state index in [1.807, 2.05) is 0 Å². The molecule has 3 nitrogen and oxygen atoms in total. The van der Waals surface area contributed by atoms with Crippen LogP contribution in [0.5, 0.6) is 0 Å². The highest BCUT2D eigenvalue weighted by Crippen LogP contribution is 2.45. The predicted octanol–water partition coefficient (Wildman–Crippen LogP) is 1.91. The van der Waals surface area contributed by atoms with Crippen molar-refractivity contribution in [3.8, 4) is 0 Å². The summed E-state index contributed by atoms with van der Waals surface area (Å²) in [5.41, 5.74) is 0.323.